The molecule has 28 heavy (non-hydrogen) atoms. The van der Waals surface area contributed by atoms with E-state index in [-0.39, 0.29) is 17.1 Å². The number of alkyl halides is 2. The van der Waals surface area contributed by atoms with E-state index in [1.807, 2.05) is 0 Å². The fourth-order valence-electron chi connectivity index (χ4n) is 3.47. The summed E-state index contributed by atoms with van der Waals surface area (Å²) in [5.74, 6) is -7.01. The van der Waals surface area contributed by atoms with Gasteiger partial charge < -0.3 is 5.73 Å². The Labute approximate surface area is 159 Å². The van der Waals surface area contributed by atoms with Gasteiger partial charge in [-0.3, -0.25) is 9.69 Å². The maximum atomic E-state index is 14.6. The van der Waals surface area contributed by atoms with Crippen molar-refractivity contribution in [3.63, 3.8) is 0 Å². The summed E-state index contributed by atoms with van der Waals surface area (Å²) < 4.78 is 55.5. The molecule has 0 saturated carbocycles. The van der Waals surface area contributed by atoms with Gasteiger partial charge in [0.25, 0.3) is 5.92 Å². The summed E-state index contributed by atoms with van der Waals surface area (Å²) >= 11 is 0. The number of aliphatic imine (C=N–C) groups is 1. The fraction of sp³-hybridized carbons (Fsp3) is 0.300. The predicted octanol–water partition coefficient (Wildman–Crippen LogP) is 3.86. The topological polar surface area (TPSA) is 58.7 Å². The van der Waals surface area contributed by atoms with Crippen molar-refractivity contribution in [2.75, 3.05) is 7.05 Å². The van der Waals surface area contributed by atoms with Gasteiger partial charge in [0.15, 0.2) is 17.6 Å². The first-order chi connectivity index (χ1) is 13.0. The maximum absolute atomic E-state index is 14.6. The van der Waals surface area contributed by atoms with Gasteiger partial charge in [0.2, 0.25) is 5.91 Å². The molecule has 0 aliphatic carbocycles. The summed E-state index contributed by atoms with van der Waals surface area (Å²) in [4.78, 5) is 18.4. The normalized spacial score (nSPS) is 23.0. The minimum atomic E-state index is -3.05. The zero-order valence-electron chi connectivity index (χ0n) is 15.5. The van der Waals surface area contributed by atoms with Crippen molar-refractivity contribution in [2.45, 2.75) is 31.2 Å². The highest BCUT2D eigenvalue weighted by molar-refractivity contribution is 6.02. The van der Waals surface area contributed by atoms with Gasteiger partial charge in [-0.1, -0.05) is 36.4 Å². The second-order valence-electron chi connectivity index (χ2n) is 7.06. The fourth-order valence-corrected chi connectivity index (χ4v) is 3.47. The van der Waals surface area contributed by atoms with E-state index in [9.17, 15) is 22.4 Å². The lowest BCUT2D eigenvalue weighted by Crippen LogP contribution is -2.52. The van der Waals surface area contributed by atoms with Crippen LogP contribution in [-0.4, -0.2) is 23.8 Å². The van der Waals surface area contributed by atoms with Crippen LogP contribution in [0.3, 0.4) is 0 Å². The summed E-state index contributed by atoms with van der Waals surface area (Å²) in [6.45, 7) is 2.23. The average molecular weight is 393 g/mol. The Hall–Kier alpha value is -2.90. The molecule has 3 rings (SSSR count). The first kappa shape index (κ1) is 19.9. The van der Waals surface area contributed by atoms with E-state index in [4.69, 9.17) is 5.73 Å². The summed E-state index contributed by atoms with van der Waals surface area (Å²) in [5.41, 5.74) is 4.24. The number of hydrogen-bond donors (Lipinski definition) is 1. The smallest absolute Gasteiger partial charge is 0.270 e. The molecular formula is C20H19F4N3O. The molecule has 0 bridgehead atoms. The Morgan fingerprint density at radius 1 is 1.14 bits per heavy atom. The molecule has 0 aromatic heterocycles. The molecule has 2 aromatic carbocycles. The van der Waals surface area contributed by atoms with Gasteiger partial charge in [-0.2, -0.15) is 0 Å². The molecule has 1 heterocycles. The van der Waals surface area contributed by atoms with Gasteiger partial charge in [0.05, 0.1) is 5.92 Å². The molecule has 2 N–H and O–H groups in total. The quantitative estimate of drug-likeness (QED) is 0.805. The van der Waals surface area contributed by atoms with E-state index in [1.54, 1.807) is 0 Å². The first-order valence-electron chi connectivity index (χ1n) is 8.52. The predicted molar refractivity (Wildman–Crippen MR) is 96.9 cm³/mol. The van der Waals surface area contributed by atoms with Crippen molar-refractivity contribution >= 4 is 11.9 Å². The van der Waals surface area contributed by atoms with Crippen LogP contribution in [0.25, 0.3) is 0 Å². The Morgan fingerprint density at radius 3 is 2.32 bits per heavy atom. The summed E-state index contributed by atoms with van der Waals surface area (Å²) in [5, 5.41) is 0. The maximum Gasteiger partial charge on any atom is 0.270 e. The van der Waals surface area contributed by atoms with Crippen molar-refractivity contribution in [1.29, 1.82) is 0 Å². The van der Waals surface area contributed by atoms with Gasteiger partial charge in [-0.05, 0) is 18.6 Å². The number of rotatable bonds is 3. The number of carbonyl (C=O) groups excluding carboxylic acids is 1. The van der Waals surface area contributed by atoms with Crippen LogP contribution in [0.2, 0.25) is 0 Å². The Kier molecular flexibility index (Phi) is 4.69. The molecule has 1 amide bonds. The second kappa shape index (κ2) is 6.61. The summed E-state index contributed by atoms with van der Waals surface area (Å²) in [7, 11) is 1.41. The number of carbonyl (C=O) groups is 1. The van der Waals surface area contributed by atoms with E-state index >= 15 is 0 Å². The molecule has 0 fully saturated rings. The van der Waals surface area contributed by atoms with Gasteiger partial charge >= 0.3 is 0 Å². The summed E-state index contributed by atoms with van der Waals surface area (Å²) in [6.07, 6.45) is 0. The molecule has 0 spiro atoms. The largest absolute Gasteiger partial charge is 0.369 e. The molecule has 8 heteroatoms. The first-order valence-corrected chi connectivity index (χ1v) is 8.52. The van der Waals surface area contributed by atoms with Crippen LogP contribution < -0.4 is 5.73 Å². The number of amides is 1. The van der Waals surface area contributed by atoms with E-state index in [2.05, 4.69) is 4.99 Å². The lowest BCUT2D eigenvalue weighted by atomic mass is 9.74. The van der Waals surface area contributed by atoms with Crippen LogP contribution in [0.1, 0.15) is 36.5 Å². The Bertz CT molecular complexity index is 953. The molecule has 0 radical (unpaired) electrons. The molecule has 1 aliphatic rings. The molecule has 148 valence electrons. The van der Waals surface area contributed by atoms with Crippen LogP contribution in [0.15, 0.2) is 47.5 Å². The average Bonchev–Trinajstić information content (AvgIpc) is 2.62. The van der Waals surface area contributed by atoms with Gasteiger partial charge in [-0.25, -0.2) is 22.6 Å². The third kappa shape index (κ3) is 3.12. The standard InChI is InChI=1S/C20H19F4N3O/c1-19(13-5-4-6-14(21)16(13)22)15(17(28)27(3)18(25)26-19)11-7-9-12(10-8-11)20(2,23)24/h4-10,15H,1-3H3,(H2,25,26)/t15-,19+/m0/s1. The zero-order valence-corrected chi connectivity index (χ0v) is 15.5. The lowest BCUT2D eigenvalue weighted by Gasteiger charge is -2.41. The van der Waals surface area contributed by atoms with Crippen molar-refractivity contribution < 1.29 is 22.4 Å². The minimum Gasteiger partial charge on any atom is -0.369 e. The number of likely N-dealkylation sites (N-methyl/N-ethyl adjacent to an activating group) is 1. The van der Waals surface area contributed by atoms with Crippen molar-refractivity contribution in [2.24, 2.45) is 10.7 Å². The van der Waals surface area contributed by atoms with E-state index in [0.717, 1.165) is 17.9 Å². The molecule has 1 aliphatic heterocycles. The number of guanidine groups is 1. The number of nitrogens with two attached hydrogens (primary N) is 1. The van der Waals surface area contributed by atoms with Crippen LogP contribution >= 0.6 is 0 Å². The summed E-state index contributed by atoms with van der Waals surface area (Å²) in [6, 6.07) is 8.74. The SMILES string of the molecule is CN1C(=O)[C@H](c2ccc(C(C)(F)F)cc2)[C@@](C)(c2cccc(F)c2F)N=C1N. The van der Waals surface area contributed by atoms with Crippen LogP contribution in [0, 0.1) is 11.6 Å². The number of nitrogens with zero attached hydrogens (tertiary/aromatic N) is 2. The molecule has 2 aromatic rings. The van der Waals surface area contributed by atoms with E-state index in [1.165, 1.54) is 50.4 Å². The third-order valence-corrected chi connectivity index (χ3v) is 5.08. The molecule has 2 atom stereocenters. The second-order valence-corrected chi connectivity index (χ2v) is 7.06. The van der Waals surface area contributed by atoms with Gasteiger partial charge in [0, 0.05) is 25.1 Å². The van der Waals surface area contributed by atoms with Gasteiger partial charge in [0.1, 0.15) is 5.54 Å². The third-order valence-electron chi connectivity index (χ3n) is 5.08. The Balaban J connectivity index is 2.21. The van der Waals surface area contributed by atoms with Crippen LogP contribution in [0.5, 0.6) is 0 Å². The van der Waals surface area contributed by atoms with E-state index < -0.39 is 34.9 Å². The number of benzene rings is 2. The van der Waals surface area contributed by atoms with Crippen molar-refractivity contribution in [1.82, 2.24) is 4.90 Å². The van der Waals surface area contributed by atoms with E-state index in [0.29, 0.717) is 5.56 Å². The molecular weight excluding hydrogens is 374 g/mol. The highest BCUT2D eigenvalue weighted by Gasteiger charge is 2.48. The highest BCUT2D eigenvalue weighted by Crippen LogP contribution is 2.45. The lowest BCUT2D eigenvalue weighted by molar-refractivity contribution is -0.130. The molecule has 0 unspecified atom stereocenters. The van der Waals surface area contributed by atoms with Gasteiger partial charge in [-0.15, -0.1) is 0 Å². The molecule has 4 nitrogen and oxygen atoms in total. The van der Waals surface area contributed by atoms with Crippen molar-refractivity contribution in [3.05, 3.63) is 70.8 Å². The van der Waals surface area contributed by atoms with Crippen LogP contribution in [-0.2, 0) is 16.3 Å². The minimum absolute atomic E-state index is 0.146. The Morgan fingerprint density at radius 2 is 1.75 bits per heavy atom. The highest BCUT2D eigenvalue weighted by atomic mass is 19.3. The number of halogens is 4. The molecule has 0 saturated heterocycles. The van der Waals surface area contributed by atoms with Crippen LogP contribution in [0.4, 0.5) is 17.6 Å². The number of hydrogen-bond acceptors (Lipinski definition) is 3. The zero-order chi connectivity index (χ0) is 20.9. The van der Waals surface area contributed by atoms with Crippen molar-refractivity contribution in [3.8, 4) is 0 Å². The monoisotopic (exact) mass is 393 g/mol.